The van der Waals surface area contributed by atoms with Gasteiger partial charge in [0.1, 0.15) is 0 Å². The minimum atomic E-state index is -0.315. The highest BCUT2D eigenvalue weighted by molar-refractivity contribution is 7.99. The Balaban J connectivity index is 1.34. The molecule has 9 heteroatoms. The lowest BCUT2D eigenvalue weighted by molar-refractivity contribution is -0.113. The number of para-hydroxylation sites is 1. The Morgan fingerprint density at radius 1 is 0.886 bits per heavy atom. The van der Waals surface area contributed by atoms with E-state index in [1.807, 2.05) is 60.7 Å². The first-order valence-electron chi connectivity index (χ1n) is 11.1. The highest BCUT2D eigenvalue weighted by atomic mass is 32.2. The number of hydrogen-bond donors (Lipinski definition) is 3. The number of carbonyl (C=O) groups is 2. The average Bonchev–Trinajstić information content (AvgIpc) is 3.25. The molecule has 0 saturated carbocycles. The lowest BCUT2D eigenvalue weighted by Gasteiger charge is -2.11. The quantitative estimate of drug-likeness (QED) is 0.297. The summed E-state index contributed by atoms with van der Waals surface area (Å²) in [5.74, 6) is -0.543. The van der Waals surface area contributed by atoms with Crippen LogP contribution >= 0.6 is 11.8 Å². The molecule has 4 rings (SSSR count). The molecule has 0 radical (unpaired) electrons. The summed E-state index contributed by atoms with van der Waals surface area (Å²) in [7, 11) is 0. The van der Waals surface area contributed by atoms with E-state index in [1.165, 1.54) is 4.57 Å². The van der Waals surface area contributed by atoms with Crippen LogP contribution in [0.1, 0.15) is 21.5 Å². The summed E-state index contributed by atoms with van der Waals surface area (Å²) < 4.78 is 1.52. The fraction of sp³-hybridized carbons (Fsp3) is 0.154. The monoisotopic (exact) mass is 487 g/mol. The maximum Gasteiger partial charge on any atom is 0.343 e. The van der Waals surface area contributed by atoms with Crippen LogP contribution < -0.4 is 16.3 Å². The first kappa shape index (κ1) is 24.0. The van der Waals surface area contributed by atoms with Crippen LogP contribution in [-0.2, 0) is 24.3 Å². The van der Waals surface area contributed by atoms with Crippen LogP contribution in [0.4, 0.5) is 5.69 Å². The number of amides is 2. The molecule has 1 heterocycles. The van der Waals surface area contributed by atoms with Crippen LogP contribution in [0, 0.1) is 0 Å². The first-order chi connectivity index (χ1) is 17.1. The summed E-state index contributed by atoms with van der Waals surface area (Å²) >= 11 is 1.16. The van der Waals surface area contributed by atoms with E-state index in [9.17, 15) is 14.4 Å². The van der Waals surface area contributed by atoms with Crippen LogP contribution in [0.3, 0.4) is 0 Å². The van der Waals surface area contributed by atoms with E-state index in [0.29, 0.717) is 35.9 Å². The average molecular weight is 488 g/mol. The molecule has 0 aliphatic heterocycles. The van der Waals surface area contributed by atoms with E-state index >= 15 is 0 Å². The summed E-state index contributed by atoms with van der Waals surface area (Å²) in [6.07, 6.45) is 0.672. The predicted molar refractivity (Wildman–Crippen MR) is 136 cm³/mol. The van der Waals surface area contributed by atoms with Gasteiger partial charge in [0.15, 0.2) is 5.16 Å². The molecule has 0 aliphatic rings. The topological polar surface area (TPSA) is 109 Å². The summed E-state index contributed by atoms with van der Waals surface area (Å²) in [6, 6.07) is 26.3. The van der Waals surface area contributed by atoms with Crippen molar-refractivity contribution in [2.75, 3.05) is 11.1 Å². The molecule has 0 aliphatic carbocycles. The number of H-pyrrole nitrogens is 1. The van der Waals surface area contributed by atoms with Crippen molar-refractivity contribution < 1.29 is 9.59 Å². The van der Waals surface area contributed by atoms with Gasteiger partial charge in [0.05, 0.1) is 17.0 Å². The molecule has 0 fully saturated rings. The summed E-state index contributed by atoms with van der Waals surface area (Å²) in [5.41, 5.74) is 2.57. The predicted octanol–water partition coefficient (Wildman–Crippen LogP) is 3.47. The maximum absolute atomic E-state index is 12.7. The summed E-state index contributed by atoms with van der Waals surface area (Å²) in [4.78, 5) is 37.5. The van der Waals surface area contributed by atoms with Crippen LogP contribution in [0.2, 0.25) is 0 Å². The SMILES string of the molecule is O=C(CSc1n[nH]c(=O)n1CCc1ccccc1)Nc1ccccc1C(=O)NCc1ccccc1. The van der Waals surface area contributed by atoms with Gasteiger partial charge in [-0.05, 0) is 29.7 Å². The molecule has 35 heavy (non-hydrogen) atoms. The van der Waals surface area contributed by atoms with Crippen LogP contribution in [0.5, 0.6) is 0 Å². The molecule has 3 N–H and O–H groups in total. The van der Waals surface area contributed by atoms with Gasteiger partial charge in [-0.3, -0.25) is 14.2 Å². The third-order valence-corrected chi connectivity index (χ3v) is 6.24. The number of rotatable bonds is 10. The van der Waals surface area contributed by atoms with Crippen molar-refractivity contribution in [2.45, 2.75) is 24.7 Å². The minimum absolute atomic E-state index is 0.0373. The van der Waals surface area contributed by atoms with Gasteiger partial charge in [0, 0.05) is 13.1 Å². The Morgan fingerprint density at radius 3 is 2.29 bits per heavy atom. The number of benzene rings is 3. The van der Waals surface area contributed by atoms with E-state index in [2.05, 4.69) is 20.8 Å². The zero-order valence-electron chi connectivity index (χ0n) is 18.9. The third kappa shape index (κ3) is 6.70. The van der Waals surface area contributed by atoms with Gasteiger partial charge in [-0.2, -0.15) is 0 Å². The first-order valence-corrected chi connectivity index (χ1v) is 12.1. The summed E-state index contributed by atoms with van der Waals surface area (Å²) in [6.45, 7) is 0.838. The summed E-state index contributed by atoms with van der Waals surface area (Å²) in [5, 5.41) is 12.6. The Kier molecular flexibility index (Phi) is 8.13. The Labute approximate surface area is 206 Å². The molecule has 178 valence electrons. The third-order valence-electron chi connectivity index (χ3n) is 5.26. The highest BCUT2D eigenvalue weighted by Crippen LogP contribution is 2.18. The van der Waals surface area contributed by atoms with Crippen molar-refractivity contribution in [3.05, 3.63) is 112 Å². The zero-order valence-corrected chi connectivity index (χ0v) is 19.8. The van der Waals surface area contributed by atoms with Crippen LogP contribution in [-0.4, -0.2) is 32.3 Å². The largest absolute Gasteiger partial charge is 0.348 e. The lowest BCUT2D eigenvalue weighted by Crippen LogP contribution is -2.25. The molecular formula is C26H25N5O3S. The number of hydrogen-bond acceptors (Lipinski definition) is 5. The molecule has 8 nitrogen and oxygen atoms in total. The fourth-order valence-corrected chi connectivity index (χ4v) is 4.25. The van der Waals surface area contributed by atoms with E-state index in [4.69, 9.17) is 0 Å². The molecule has 0 bridgehead atoms. The molecule has 0 spiro atoms. The number of thioether (sulfide) groups is 1. The molecular weight excluding hydrogens is 462 g/mol. The van der Waals surface area contributed by atoms with Gasteiger partial charge >= 0.3 is 5.69 Å². The van der Waals surface area contributed by atoms with Gasteiger partial charge in [0.25, 0.3) is 5.91 Å². The molecule has 1 aromatic heterocycles. The van der Waals surface area contributed by atoms with Crippen LogP contribution in [0.25, 0.3) is 0 Å². The second-order valence-electron chi connectivity index (χ2n) is 7.75. The maximum atomic E-state index is 12.7. The number of aromatic amines is 1. The normalized spacial score (nSPS) is 10.6. The molecule has 4 aromatic rings. The van der Waals surface area contributed by atoms with Gasteiger partial charge in [-0.1, -0.05) is 84.6 Å². The Hall–Kier alpha value is -4.11. The number of aryl methyl sites for hydroxylation is 1. The minimum Gasteiger partial charge on any atom is -0.348 e. The van der Waals surface area contributed by atoms with Crippen molar-refractivity contribution in [2.24, 2.45) is 0 Å². The van der Waals surface area contributed by atoms with Crippen molar-refractivity contribution in [1.82, 2.24) is 20.1 Å². The molecule has 3 aromatic carbocycles. The van der Waals surface area contributed by atoms with Crippen molar-refractivity contribution in [3.8, 4) is 0 Å². The highest BCUT2D eigenvalue weighted by Gasteiger charge is 2.15. The number of aromatic nitrogens is 3. The second-order valence-corrected chi connectivity index (χ2v) is 8.69. The fourth-order valence-electron chi connectivity index (χ4n) is 3.48. The van der Waals surface area contributed by atoms with E-state index < -0.39 is 0 Å². The van der Waals surface area contributed by atoms with Crippen LogP contribution in [0.15, 0.2) is 94.9 Å². The van der Waals surface area contributed by atoms with E-state index in [-0.39, 0.29) is 23.3 Å². The second kappa shape index (κ2) is 11.8. The molecule has 2 amide bonds. The van der Waals surface area contributed by atoms with E-state index in [0.717, 1.165) is 22.9 Å². The Morgan fingerprint density at radius 2 is 1.54 bits per heavy atom. The van der Waals surface area contributed by atoms with Gasteiger partial charge < -0.3 is 10.6 Å². The van der Waals surface area contributed by atoms with Crippen molar-refractivity contribution in [3.63, 3.8) is 0 Å². The number of nitrogens with zero attached hydrogens (tertiary/aromatic N) is 2. The smallest absolute Gasteiger partial charge is 0.343 e. The zero-order chi connectivity index (χ0) is 24.5. The van der Waals surface area contributed by atoms with E-state index in [1.54, 1.807) is 24.3 Å². The Bertz CT molecular complexity index is 1340. The molecule has 0 unspecified atom stereocenters. The van der Waals surface area contributed by atoms with Gasteiger partial charge in [0.2, 0.25) is 5.91 Å². The standard InChI is InChI=1S/C26H25N5O3S/c32-23(18-35-26-30-29-25(34)31(26)16-15-19-9-3-1-4-10-19)28-22-14-8-7-13-21(22)24(33)27-17-20-11-5-2-6-12-20/h1-14H,15-18H2,(H,27,33)(H,28,32)(H,29,34). The number of nitrogens with one attached hydrogen (secondary N) is 3. The molecule has 0 atom stereocenters. The van der Waals surface area contributed by atoms with Gasteiger partial charge in [-0.25, -0.2) is 9.89 Å². The van der Waals surface area contributed by atoms with Crippen molar-refractivity contribution >= 4 is 29.3 Å². The number of carbonyl (C=O) groups excluding carboxylic acids is 2. The van der Waals surface area contributed by atoms with Gasteiger partial charge in [-0.15, -0.1) is 5.10 Å². The number of anilines is 1. The van der Waals surface area contributed by atoms with Crippen molar-refractivity contribution in [1.29, 1.82) is 0 Å². The lowest BCUT2D eigenvalue weighted by atomic mass is 10.1. The molecule has 0 saturated heterocycles.